The van der Waals surface area contributed by atoms with Gasteiger partial charge >= 0.3 is 0 Å². The summed E-state index contributed by atoms with van der Waals surface area (Å²) in [5.41, 5.74) is 1.10. The van der Waals surface area contributed by atoms with Crippen molar-refractivity contribution in [1.29, 1.82) is 0 Å². The monoisotopic (exact) mass is 382 g/mol. The first kappa shape index (κ1) is 15.0. The van der Waals surface area contributed by atoms with E-state index >= 15 is 0 Å². The Labute approximate surface area is 140 Å². The predicted molar refractivity (Wildman–Crippen MR) is 92.8 cm³/mol. The Morgan fingerprint density at radius 2 is 1.90 bits per heavy atom. The molecule has 0 spiro atoms. The van der Waals surface area contributed by atoms with E-state index in [0.29, 0.717) is 0 Å². The molecule has 0 fully saturated rings. The predicted octanol–water partition coefficient (Wildman–Crippen LogP) is 4.65. The summed E-state index contributed by atoms with van der Waals surface area (Å²) in [6.45, 7) is 6.60. The number of hydrogen-bond donors (Lipinski definition) is 0. The zero-order valence-electron chi connectivity index (χ0n) is 12.0. The highest BCUT2D eigenvalue weighted by Gasteiger charge is 2.16. The van der Waals surface area contributed by atoms with Gasteiger partial charge in [-0.05, 0) is 12.1 Å². The van der Waals surface area contributed by atoms with Crippen LogP contribution in [0.25, 0.3) is 15.5 Å². The van der Waals surface area contributed by atoms with Crippen molar-refractivity contribution in [3.8, 4) is 10.6 Å². The molecule has 2 aromatic heterocycles. The molecule has 7 heteroatoms. The third-order valence-electron chi connectivity index (χ3n) is 2.78. The molecule has 0 aliphatic heterocycles. The lowest BCUT2D eigenvalue weighted by Gasteiger charge is -2.16. The fourth-order valence-corrected chi connectivity index (χ4v) is 3.61. The summed E-state index contributed by atoms with van der Waals surface area (Å²) in [5, 5.41) is 14.1. The lowest BCUT2D eigenvalue weighted by Crippen LogP contribution is -2.08. The van der Waals surface area contributed by atoms with Gasteiger partial charge in [0.05, 0.1) is 5.75 Å². The van der Waals surface area contributed by atoms with Crippen LogP contribution >= 0.6 is 39.0 Å². The Kier molecular flexibility index (Phi) is 4.07. The van der Waals surface area contributed by atoms with Crippen molar-refractivity contribution in [2.45, 2.75) is 31.3 Å². The number of hydrogen-bond acceptors (Lipinski definition) is 5. The summed E-state index contributed by atoms with van der Waals surface area (Å²) < 4.78 is 3.13. The molecule has 3 aromatic rings. The average molecular weight is 383 g/mol. The van der Waals surface area contributed by atoms with Crippen LogP contribution in [0.5, 0.6) is 0 Å². The zero-order valence-corrected chi connectivity index (χ0v) is 15.2. The molecular weight excluding hydrogens is 368 g/mol. The minimum Gasteiger partial charge on any atom is -0.186 e. The van der Waals surface area contributed by atoms with E-state index in [9.17, 15) is 0 Å². The molecule has 0 saturated carbocycles. The van der Waals surface area contributed by atoms with Crippen LogP contribution in [0.15, 0.2) is 28.7 Å². The van der Waals surface area contributed by atoms with Crippen molar-refractivity contribution in [1.82, 2.24) is 19.8 Å². The fourth-order valence-electron chi connectivity index (χ4n) is 1.74. The minimum atomic E-state index is 0.205. The Hall–Kier alpha value is -0.920. The topological polar surface area (TPSA) is 43.1 Å². The Morgan fingerprint density at radius 1 is 1.19 bits per heavy atom. The molecule has 21 heavy (non-hydrogen) atoms. The lowest BCUT2D eigenvalue weighted by atomic mass is 10.2. The van der Waals surface area contributed by atoms with Crippen LogP contribution in [-0.2, 0) is 5.75 Å². The molecule has 0 aliphatic carbocycles. The molecule has 2 heterocycles. The van der Waals surface area contributed by atoms with Gasteiger partial charge in [0.1, 0.15) is 5.01 Å². The first-order valence-corrected chi connectivity index (χ1v) is 9.13. The molecule has 1 aromatic carbocycles. The summed E-state index contributed by atoms with van der Waals surface area (Å²) in [6.07, 6.45) is 0. The Balaban J connectivity index is 1.90. The number of benzene rings is 1. The molecule has 0 saturated heterocycles. The van der Waals surface area contributed by atoms with Crippen LogP contribution in [0.3, 0.4) is 0 Å². The molecule has 0 bridgehead atoms. The van der Waals surface area contributed by atoms with Crippen molar-refractivity contribution in [2.24, 2.45) is 0 Å². The quantitative estimate of drug-likeness (QED) is 0.661. The van der Waals surface area contributed by atoms with E-state index < -0.39 is 0 Å². The van der Waals surface area contributed by atoms with Gasteiger partial charge in [0, 0.05) is 14.8 Å². The molecule has 4 nitrogen and oxygen atoms in total. The van der Waals surface area contributed by atoms with Gasteiger partial charge < -0.3 is 0 Å². The number of halogens is 1. The van der Waals surface area contributed by atoms with Crippen molar-refractivity contribution in [2.75, 3.05) is 0 Å². The molecule has 110 valence electrons. The van der Waals surface area contributed by atoms with Gasteiger partial charge in [0.2, 0.25) is 4.96 Å². The van der Waals surface area contributed by atoms with E-state index in [-0.39, 0.29) is 4.75 Å². The van der Waals surface area contributed by atoms with Crippen LogP contribution in [0.4, 0.5) is 0 Å². The van der Waals surface area contributed by atoms with E-state index in [1.54, 1.807) is 11.3 Å². The second-order valence-electron chi connectivity index (χ2n) is 5.63. The van der Waals surface area contributed by atoms with Gasteiger partial charge in [-0.15, -0.1) is 22.0 Å². The summed E-state index contributed by atoms with van der Waals surface area (Å²) in [5.74, 6) is 1.72. The summed E-state index contributed by atoms with van der Waals surface area (Å²) in [6, 6.07) is 8.15. The highest BCUT2D eigenvalue weighted by Crippen LogP contribution is 2.29. The number of aromatic nitrogens is 4. The zero-order chi connectivity index (χ0) is 15.0. The first-order chi connectivity index (χ1) is 9.92. The standard InChI is InChI=1S/C14H15BrN4S2/c1-14(2,3)20-8-11-16-17-13-19(11)18-12(21-13)9-4-6-10(15)7-5-9/h4-7H,8H2,1-3H3. The van der Waals surface area contributed by atoms with E-state index in [2.05, 4.69) is 64.1 Å². The van der Waals surface area contributed by atoms with Gasteiger partial charge in [-0.25, -0.2) is 0 Å². The molecule has 0 N–H and O–H groups in total. The third kappa shape index (κ3) is 3.46. The first-order valence-electron chi connectivity index (χ1n) is 6.53. The molecule has 0 amide bonds. The normalized spacial score (nSPS) is 12.2. The van der Waals surface area contributed by atoms with Gasteiger partial charge in [-0.3, -0.25) is 0 Å². The maximum atomic E-state index is 4.65. The Bertz CT molecular complexity index is 755. The van der Waals surface area contributed by atoms with Gasteiger partial charge in [0.15, 0.2) is 5.82 Å². The second-order valence-corrected chi connectivity index (χ2v) is 9.30. The summed E-state index contributed by atoms with van der Waals surface area (Å²) in [4.78, 5) is 0.845. The fraction of sp³-hybridized carbons (Fsp3) is 0.357. The van der Waals surface area contributed by atoms with E-state index in [1.807, 2.05) is 28.4 Å². The van der Waals surface area contributed by atoms with Gasteiger partial charge in [-0.1, -0.05) is 60.2 Å². The average Bonchev–Trinajstić information content (AvgIpc) is 2.96. The highest BCUT2D eigenvalue weighted by atomic mass is 79.9. The number of rotatable bonds is 3. The lowest BCUT2D eigenvalue weighted by molar-refractivity contribution is 0.796. The van der Waals surface area contributed by atoms with Gasteiger partial charge in [0.25, 0.3) is 0 Å². The molecule has 0 atom stereocenters. The number of nitrogens with zero attached hydrogens (tertiary/aromatic N) is 4. The summed E-state index contributed by atoms with van der Waals surface area (Å²) >= 11 is 6.86. The van der Waals surface area contributed by atoms with E-state index in [1.165, 1.54) is 0 Å². The van der Waals surface area contributed by atoms with Crippen LogP contribution < -0.4 is 0 Å². The van der Waals surface area contributed by atoms with Crippen molar-refractivity contribution in [3.63, 3.8) is 0 Å². The maximum absolute atomic E-state index is 4.65. The van der Waals surface area contributed by atoms with E-state index in [0.717, 1.165) is 31.6 Å². The van der Waals surface area contributed by atoms with Crippen molar-refractivity contribution >= 4 is 44.0 Å². The maximum Gasteiger partial charge on any atom is 0.235 e. The SMILES string of the molecule is CC(C)(C)SCc1nnc2sc(-c3ccc(Br)cc3)nn12. The minimum absolute atomic E-state index is 0.205. The smallest absolute Gasteiger partial charge is 0.186 e. The molecule has 0 radical (unpaired) electrons. The second kappa shape index (κ2) is 5.70. The van der Waals surface area contributed by atoms with Crippen LogP contribution in [-0.4, -0.2) is 24.6 Å². The molecule has 0 unspecified atom stereocenters. The van der Waals surface area contributed by atoms with E-state index in [4.69, 9.17) is 0 Å². The van der Waals surface area contributed by atoms with Crippen molar-refractivity contribution < 1.29 is 0 Å². The Morgan fingerprint density at radius 3 is 2.57 bits per heavy atom. The van der Waals surface area contributed by atoms with Crippen LogP contribution in [0, 0.1) is 0 Å². The number of fused-ring (bicyclic) bond motifs is 1. The largest absolute Gasteiger partial charge is 0.235 e. The molecule has 3 rings (SSSR count). The van der Waals surface area contributed by atoms with Crippen LogP contribution in [0.2, 0.25) is 0 Å². The van der Waals surface area contributed by atoms with Gasteiger partial charge in [-0.2, -0.15) is 9.61 Å². The summed E-state index contributed by atoms with van der Waals surface area (Å²) in [7, 11) is 0. The highest BCUT2D eigenvalue weighted by molar-refractivity contribution is 9.10. The van der Waals surface area contributed by atoms with Crippen LogP contribution in [0.1, 0.15) is 26.6 Å². The third-order valence-corrected chi connectivity index (χ3v) is 5.53. The molecular formula is C14H15BrN4S2. The van der Waals surface area contributed by atoms with Crippen molar-refractivity contribution in [3.05, 3.63) is 34.6 Å². The number of thioether (sulfide) groups is 1. The molecule has 0 aliphatic rings.